The maximum Gasteiger partial charge on any atom is 0.332 e. The maximum atomic E-state index is 12.8. The minimum atomic E-state index is -0.911. The summed E-state index contributed by atoms with van der Waals surface area (Å²) in [6.45, 7) is 5.67. The largest absolute Gasteiger partial charge is 0.332 e. The molecule has 23 heavy (non-hydrogen) atoms. The van der Waals surface area contributed by atoms with E-state index >= 15 is 0 Å². The number of alkyl halides is 1. The monoisotopic (exact) mass is 397 g/mol. The highest BCUT2D eigenvalue weighted by atomic mass is 79.9. The molecule has 1 aliphatic rings. The summed E-state index contributed by atoms with van der Waals surface area (Å²) < 4.78 is 0. The van der Waals surface area contributed by atoms with Crippen LogP contribution in [0.3, 0.4) is 0 Å². The highest BCUT2D eigenvalue weighted by Crippen LogP contribution is 2.36. The molecule has 0 bridgehead atoms. The second kappa shape index (κ2) is 6.50. The summed E-state index contributed by atoms with van der Waals surface area (Å²) in [5, 5.41) is 10.0. The van der Waals surface area contributed by atoms with Crippen molar-refractivity contribution in [1.82, 2.24) is 4.90 Å². The van der Waals surface area contributed by atoms with Crippen molar-refractivity contribution < 1.29 is 9.59 Å². The van der Waals surface area contributed by atoms with Crippen LogP contribution in [0.2, 0.25) is 5.02 Å². The summed E-state index contributed by atoms with van der Waals surface area (Å²) in [6.07, 6.45) is 0.753. The van der Waals surface area contributed by atoms with Crippen LogP contribution in [0.25, 0.3) is 0 Å². The van der Waals surface area contributed by atoms with Crippen LogP contribution >= 0.6 is 27.5 Å². The Balaban J connectivity index is 2.49. The first-order chi connectivity index (χ1) is 10.8. The Labute approximate surface area is 148 Å². The number of carbonyl (C=O) groups excluding carboxylic acids is 2. The van der Waals surface area contributed by atoms with Crippen molar-refractivity contribution in [1.29, 1.82) is 5.26 Å². The van der Waals surface area contributed by atoms with Crippen LogP contribution in [0.5, 0.6) is 0 Å². The molecule has 0 atom stereocenters. The van der Waals surface area contributed by atoms with Crippen molar-refractivity contribution in [2.45, 2.75) is 32.7 Å². The molecule has 5 nitrogen and oxygen atoms in total. The van der Waals surface area contributed by atoms with Crippen molar-refractivity contribution in [2.24, 2.45) is 0 Å². The van der Waals surface area contributed by atoms with Crippen molar-refractivity contribution in [2.75, 3.05) is 16.8 Å². The van der Waals surface area contributed by atoms with Gasteiger partial charge < -0.3 is 4.90 Å². The lowest BCUT2D eigenvalue weighted by Crippen LogP contribution is -2.44. The van der Waals surface area contributed by atoms with E-state index in [-0.39, 0.29) is 17.0 Å². The minimum absolute atomic E-state index is 0.266. The Kier molecular flexibility index (Phi) is 5.02. The smallest absolute Gasteiger partial charge is 0.310 e. The van der Waals surface area contributed by atoms with Gasteiger partial charge >= 0.3 is 6.03 Å². The molecular formula is C16H17BrClN3O2. The standard InChI is InChI=1S/C16H17BrClN3O2/c1-10-12(6-5-11(9-19)13(10)18)21-14(22)16(2,3)20(15(21)23)8-4-7-17/h5-6H,4,7-8H2,1-3H3. The molecule has 1 aromatic carbocycles. The van der Waals surface area contributed by atoms with E-state index in [4.69, 9.17) is 16.9 Å². The highest BCUT2D eigenvalue weighted by molar-refractivity contribution is 9.09. The lowest BCUT2D eigenvalue weighted by molar-refractivity contribution is -0.123. The van der Waals surface area contributed by atoms with Crippen molar-refractivity contribution >= 4 is 45.2 Å². The molecule has 0 radical (unpaired) electrons. The number of rotatable bonds is 4. The first-order valence-corrected chi connectivity index (χ1v) is 8.68. The molecule has 0 unspecified atom stereocenters. The number of urea groups is 1. The number of carbonyl (C=O) groups is 2. The molecule has 1 saturated heterocycles. The molecule has 0 spiro atoms. The van der Waals surface area contributed by atoms with Crippen molar-refractivity contribution in [3.05, 3.63) is 28.3 Å². The molecule has 1 fully saturated rings. The van der Waals surface area contributed by atoms with Crippen LogP contribution in [0.15, 0.2) is 12.1 Å². The summed E-state index contributed by atoms with van der Waals surface area (Å²) >= 11 is 9.51. The molecule has 1 aromatic rings. The Morgan fingerprint density at radius 2 is 2.00 bits per heavy atom. The average molecular weight is 399 g/mol. The number of anilines is 1. The van der Waals surface area contributed by atoms with Gasteiger partial charge in [-0.25, -0.2) is 9.69 Å². The Bertz CT molecular complexity index is 712. The van der Waals surface area contributed by atoms with Gasteiger partial charge in [0.25, 0.3) is 5.91 Å². The van der Waals surface area contributed by atoms with Crippen LogP contribution in [0.4, 0.5) is 10.5 Å². The van der Waals surface area contributed by atoms with Gasteiger partial charge in [-0.2, -0.15) is 5.26 Å². The summed E-state index contributed by atoms with van der Waals surface area (Å²) in [4.78, 5) is 28.3. The van der Waals surface area contributed by atoms with Crippen LogP contribution < -0.4 is 4.90 Å². The number of imide groups is 1. The van der Waals surface area contributed by atoms with Crippen LogP contribution in [0, 0.1) is 18.3 Å². The van der Waals surface area contributed by atoms with Gasteiger partial charge in [-0.15, -0.1) is 0 Å². The molecule has 2 rings (SSSR count). The zero-order valence-electron chi connectivity index (χ0n) is 13.2. The number of amides is 3. The quantitative estimate of drug-likeness (QED) is 0.571. The predicted molar refractivity (Wildman–Crippen MR) is 93.0 cm³/mol. The zero-order valence-corrected chi connectivity index (χ0v) is 15.5. The third kappa shape index (κ3) is 2.84. The number of benzene rings is 1. The number of hydrogen-bond acceptors (Lipinski definition) is 3. The topological polar surface area (TPSA) is 64.4 Å². The van der Waals surface area contributed by atoms with E-state index in [1.165, 1.54) is 6.07 Å². The average Bonchev–Trinajstić information content (AvgIpc) is 2.67. The summed E-state index contributed by atoms with van der Waals surface area (Å²) in [6, 6.07) is 4.76. The third-order valence-electron chi connectivity index (χ3n) is 4.06. The number of nitrogens with zero attached hydrogens (tertiary/aromatic N) is 3. The molecule has 0 aliphatic carbocycles. The van der Waals surface area contributed by atoms with Gasteiger partial charge in [0.1, 0.15) is 11.6 Å². The highest BCUT2D eigenvalue weighted by Gasteiger charge is 2.51. The van der Waals surface area contributed by atoms with Crippen LogP contribution in [-0.2, 0) is 4.79 Å². The van der Waals surface area contributed by atoms with Crippen molar-refractivity contribution in [3.63, 3.8) is 0 Å². The Hall–Kier alpha value is -1.58. The predicted octanol–water partition coefficient (Wildman–Crippen LogP) is 3.85. The fourth-order valence-electron chi connectivity index (χ4n) is 2.64. The number of halogens is 2. The molecule has 0 N–H and O–H groups in total. The second-order valence-electron chi connectivity index (χ2n) is 5.86. The molecule has 0 aromatic heterocycles. The van der Waals surface area contributed by atoms with Gasteiger partial charge in [0.05, 0.1) is 16.3 Å². The minimum Gasteiger partial charge on any atom is -0.310 e. The first-order valence-electron chi connectivity index (χ1n) is 7.18. The van der Waals surface area contributed by atoms with E-state index in [1.54, 1.807) is 31.7 Å². The fraction of sp³-hybridized carbons (Fsp3) is 0.438. The number of hydrogen-bond donors (Lipinski definition) is 0. The molecule has 0 saturated carbocycles. The van der Waals surface area contributed by atoms with Gasteiger partial charge in [0, 0.05) is 11.9 Å². The first kappa shape index (κ1) is 17.8. The molecule has 3 amide bonds. The molecule has 122 valence electrons. The van der Waals surface area contributed by atoms with E-state index in [1.807, 2.05) is 6.07 Å². The second-order valence-corrected chi connectivity index (χ2v) is 7.03. The SMILES string of the molecule is Cc1c(N2C(=O)N(CCCBr)C(C)(C)C2=O)ccc(C#N)c1Cl. The summed E-state index contributed by atoms with van der Waals surface area (Å²) in [5.74, 6) is -0.291. The van der Waals surface area contributed by atoms with Crippen molar-refractivity contribution in [3.8, 4) is 6.07 Å². The van der Waals surface area contributed by atoms with Gasteiger partial charge in [-0.1, -0.05) is 27.5 Å². The molecular weight excluding hydrogens is 382 g/mol. The summed E-state index contributed by atoms with van der Waals surface area (Å²) in [5.41, 5.74) is 0.387. The Morgan fingerprint density at radius 1 is 1.35 bits per heavy atom. The maximum absolute atomic E-state index is 12.8. The van der Waals surface area contributed by atoms with E-state index in [2.05, 4.69) is 15.9 Å². The molecule has 1 heterocycles. The number of nitriles is 1. The summed E-state index contributed by atoms with van der Waals surface area (Å²) in [7, 11) is 0. The normalized spacial score (nSPS) is 16.9. The van der Waals surface area contributed by atoms with E-state index in [0.717, 1.165) is 16.7 Å². The van der Waals surface area contributed by atoms with Gasteiger partial charge in [0.15, 0.2) is 0 Å². The third-order valence-corrected chi connectivity index (χ3v) is 5.11. The fourth-order valence-corrected chi connectivity index (χ4v) is 3.10. The van der Waals surface area contributed by atoms with E-state index in [9.17, 15) is 9.59 Å². The van der Waals surface area contributed by atoms with Gasteiger partial charge in [-0.05, 0) is 44.9 Å². The van der Waals surface area contributed by atoms with Crippen LogP contribution in [-0.4, -0.2) is 34.3 Å². The lowest BCUT2D eigenvalue weighted by atomic mass is 10.0. The van der Waals surface area contributed by atoms with E-state index in [0.29, 0.717) is 23.4 Å². The molecule has 7 heteroatoms. The van der Waals surface area contributed by atoms with Gasteiger partial charge in [-0.3, -0.25) is 4.79 Å². The van der Waals surface area contributed by atoms with Gasteiger partial charge in [0.2, 0.25) is 0 Å². The van der Waals surface area contributed by atoms with Crippen LogP contribution in [0.1, 0.15) is 31.4 Å². The lowest BCUT2D eigenvalue weighted by Gasteiger charge is -2.27. The van der Waals surface area contributed by atoms with E-state index < -0.39 is 5.54 Å². The molecule has 1 aliphatic heterocycles. The zero-order chi connectivity index (χ0) is 17.4. The Morgan fingerprint density at radius 3 is 2.57 bits per heavy atom.